The summed E-state index contributed by atoms with van der Waals surface area (Å²) >= 11 is 5.83. The third-order valence-corrected chi connectivity index (χ3v) is 2.74. The number of rotatable bonds is 3. The standard InChI is InChI=1S/C11H12ClN3O2/c1-11(2,10(16)17)5-8-13-9-4-3-7(12)6-15(9)14-8/h3-4,6H,5H2,1-2H3,(H,16,17). The summed E-state index contributed by atoms with van der Waals surface area (Å²) in [4.78, 5) is 15.3. The molecule has 0 saturated carbocycles. The number of fused-ring (bicyclic) bond motifs is 1. The normalized spacial score (nSPS) is 11.9. The molecule has 2 rings (SSSR count). The summed E-state index contributed by atoms with van der Waals surface area (Å²) in [6, 6.07) is 3.46. The van der Waals surface area contributed by atoms with Crippen LogP contribution in [0.15, 0.2) is 18.3 Å². The molecule has 0 bridgehead atoms. The topological polar surface area (TPSA) is 67.5 Å². The second-order valence-corrected chi connectivity index (χ2v) is 4.98. The lowest BCUT2D eigenvalue weighted by Crippen LogP contribution is -2.26. The summed E-state index contributed by atoms with van der Waals surface area (Å²) in [5.41, 5.74) is -0.222. The van der Waals surface area contributed by atoms with E-state index in [1.165, 1.54) is 0 Å². The van der Waals surface area contributed by atoms with Crippen LogP contribution in [-0.2, 0) is 11.2 Å². The first-order valence-electron chi connectivity index (χ1n) is 5.13. The molecular weight excluding hydrogens is 242 g/mol. The summed E-state index contributed by atoms with van der Waals surface area (Å²) in [6.45, 7) is 3.29. The van der Waals surface area contributed by atoms with E-state index in [4.69, 9.17) is 16.7 Å². The van der Waals surface area contributed by atoms with Crippen LogP contribution in [-0.4, -0.2) is 25.7 Å². The minimum absolute atomic E-state index is 0.279. The lowest BCUT2D eigenvalue weighted by Gasteiger charge is -2.16. The summed E-state index contributed by atoms with van der Waals surface area (Å²) in [5, 5.41) is 13.8. The molecule has 0 saturated heterocycles. The molecule has 90 valence electrons. The van der Waals surface area contributed by atoms with Gasteiger partial charge in [-0.1, -0.05) is 11.6 Å². The van der Waals surface area contributed by atoms with Crippen LogP contribution in [0.4, 0.5) is 0 Å². The van der Waals surface area contributed by atoms with Crippen molar-refractivity contribution in [3.63, 3.8) is 0 Å². The number of nitrogens with zero attached hydrogens (tertiary/aromatic N) is 3. The average molecular weight is 254 g/mol. The van der Waals surface area contributed by atoms with Gasteiger partial charge in [-0.15, -0.1) is 0 Å². The molecule has 6 heteroatoms. The predicted octanol–water partition coefficient (Wildman–Crippen LogP) is 2.04. The van der Waals surface area contributed by atoms with Crippen molar-refractivity contribution >= 4 is 23.2 Å². The Balaban J connectivity index is 2.34. The highest BCUT2D eigenvalue weighted by Gasteiger charge is 2.29. The Morgan fingerprint density at radius 3 is 2.88 bits per heavy atom. The first kappa shape index (κ1) is 11.9. The first-order chi connectivity index (χ1) is 7.88. The average Bonchev–Trinajstić information content (AvgIpc) is 2.57. The van der Waals surface area contributed by atoms with E-state index in [-0.39, 0.29) is 6.42 Å². The summed E-state index contributed by atoms with van der Waals surface area (Å²) in [5.74, 6) is -0.367. The zero-order chi connectivity index (χ0) is 12.6. The van der Waals surface area contributed by atoms with Gasteiger partial charge in [-0.2, -0.15) is 5.10 Å². The number of carboxylic acid groups (broad SMARTS) is 1. The van der Waals surface area contributed by atoms with E-state index < -0.39 is 11.4 Å². The van der Waals surface area contributed by atoms with Crippen molar-refractivity contribution in [2.45, 2.75) is 20.3 Å². The Hall–Kier alpha value is -1.62. The quantitative estimate of drug-likeness (QED) is 0.909. The van der Waals surface area contributed by atoms with Crippen molar-refractivity contribution < 1.29 is 9.90 Å². The molecule has 1 N–H and O–H groups in total. The second-order valence-electron chi connectivity index (χ2n) is 4.54. The molecule has 0 fully saturated rings. The summed E-state index contributed by atoms with van der Waals surface area (Å²) in [6.07, 6.45) is 1.92. The van der Waals surface area contributed by atoms with Crippen LogP contribution in [0.2, 0.25) is 5.02 Å². The number of carbonyl (C=O) groups is 1. The molecule has 0 radical (unpaired) electrons. The first-order valence-corrected chi connectivity index (χ1v) is 5.50. The number of hydrogen-bond acceptors (Lipinski definition) is 3. The molecule has 0 aliphatic carbocycles. The van der Waals surface area contributed by atoms with E-state index in [0.29, 0.717) is 16.5 Å². The van der Waals surface area contributed by atoms with Crippen molar-refractivity contribution in [1.82, 2.24) is 14.6 Å². The third kappa shape index (κ3) is 2.39. The number of hydrogen-bond donors (Lipinski definition) is 1. The lowest BCUT2D eigenvalue weighted by atomic mass is 9.89. The van der Waals surface area contributed by atoms with Gasteiger partial charge in [0.25, 0.3) is 0 Å². The van der Waals surface area contributed by atoms with E-state index in [0.717, 1.165) is 0 Å². The highest BCUT2D eigenvalue weighted by molar-refractivity contribution is 6.30. The van der Waals surface area contributed by atoms with Crippen LogP contribution in [0.5, 0.6) is 0 Å². The zero-order valence-electron chi connectivity index (χ0n) is 9.51. The van der Waals surface area contributed by atoms with Crippen molar-refractivity contribution in [2.75, 3.05) is 0 Å². The Kier molecular flexibility index (Phi) is 2.79. The lowest BCUT2D eigenvalue weighted by molar-refractivity contribution is -0.146. The van der Waals surface area contributed by atoms with Gasteiger partial charge in [-0.3, -0.25) is 4.79 Å². The minimum atomic E-state index is -0.880. The van der Waals surface area contributed by atoms with Crippen LogP contribution in [0.25, 0.3) is 5.65 Å². The third-order valence-electron chi connectivity index (χ3n) is 2.52. The Morgan fingerprint density at radius 2 is 2.24 bits per heavy atom. The van der Waals surface area contributed by atoms with Crippen LogP contribution < -0.4 is 0 Å². The molecule has 0 amide bonds. The smallest absolute Gasteiger partial charge is 0.309 e. The van der Waals surface area contributed by atoms with E-state index in [2.05, 4.69) is 10.1 Å². The minimum Gasteiger partial charge on any atom is -0.481 e. The largest absolute Gasteiger partial charge is 0.481 e. The second kappa shape index (κ2) is 4.00. The van der Waals surface area contributed by atoms with Gasteiger partial charge in [0.2, 0.25) is 0 Å². The van der Waals surface area contributed by atoms with Crippen molar-refractivity contribution in [2.24, 2.45) is 5.41 Å². The molecule has 17 heavy (non-hydrogen) atoms. The van der Waals surface area contributed by atoms with Gasteiger partial charge in [0.1, 0.15) is 0 Å². The molecule has 2 heterocycles. The monoisotopic (exact) mass is 253 g/mol. The Labute approximate surface area is 103 Å². The fourth-order valence-corrected chi connectivity index (χ4v) is 1.61. The van der Waals surface area contributed by atoms with Gasteiger partial charge >= 0.3 is 5.97 Å². The van der Waals surface area contributed by atoms with Crippen LogP contribution in [0.3, 0.4) is 0 Å². The highest BCUT2D eigenvalue weighted by atomic mass is 35.5. The van der Waals surface area contributed by atoms with Crippen LogP contribution >= 0.6 is 11.6 Å². The van der Waals surface area contributed by atoms with E-state index in [1.807, 2.05) is 0 Å². The van der Waals surface area contributed by atoms with E-state index in [9.17, 15) is 4.79 Å². The number of pyridine rings is 1. The molecule has 0 aliphatic rings. The fraction of sp³-hybridized carbons (Fsp3) is 0.364. The zero-order valence-corrected chi connectivity index (χ0v) is 10.3. The summed E-state index contributed by atoms with van der Waals surface area (Å²) < 4.78 is 1.55. The molecule has 0 unspecified atom stereocenters. The molecule has 0 spiro atoms. The summed E-state index contributed by atoms with van der Waals surface area (Å²) in [7, 11) is 0. The van der Waals surface area contributed by atoms with Crippen LogP contribution in [0.1, 0.15) is 19.7 Å². The van der Waals surface area contributed by atoms with Crippen molar-refractivity contribution in [3.05, 3.63) is 29.2 Å². The van der Waals surface area contributed by atoms with Crippen molar-refractivity contribution in [3.8, 4) is 0 Å². The molecule has 5 nitrogen and oxygen atoms in total. The molecule has 0 aromatic carbocycles. The van der Waals surface area contributed by atoms with E-state index >= 15 is 0 Å². The number of carboxylic acids is 1. The number of aromatic nitrogens is 3. The molecule has 0 atom stereocenters. The van der Waals surface area contributed by atoms with Gasteiger partial charge in [0.15, 0.2) is 11.5 Å². The molecule has 2 aromatic heterocycles. The van der Waals surface area contributed by atoms with Gasteiger partial charge < -0.3 is 5.11 Å². The Morgan fingerprint density at radius 1 is 1.53 bits per heavy atom. The highest BCUT2D eigenvalue weighted by Crippen LogP contribution is 2.21. The Bertz CT molecular complexity index is 577. The molecular formula is C11H12ClN3O2. The molecule has 2 aromatic rings. The van der Waals surface area contributed by atoms with Gasteiger partial charge in [-0.25, -0.2) is 9.50 Å². The van der Waals surface area contributed by atoms with Crippen LogP contribution in [0, 0.1) is 5.41 Å². The SMILES string of the molecule is CC(C)(Cc1nc2ccc(Cl)cn2n1)C(=O)O. The number of halogens is 1. The maximum absolute atomic E-state index is 11.0. The predicted molar refractivity (Wildman–Crippen MR) is 63.1 cm³/mol. The maximum atomic E-state index is 11.0. The van der Waals surface area contributed by atoms with Gasteiger partial charge in [-0.05, 0) is 26.0 Å². The van der Waals surface area contributed by atoms with E-state index in [1.54, 1.807) is 36.7 Å². The fourth-order valence-electron chi connectivity index (χ4n) is 1.45. The van der Waals surface area contributed by atoms with Gasteiger partial charge in [0.05, 0.1) is 10.4 Å². The maximum Gasteiger partial charge on any atom is 0.309 e. The number of aliphatic carboxylic acids is 1. The molecule has 0 aliphatic heterocycles. The van der Waals surface area contributed by atoms with Crippen molar-refractivity contribution in [1.29, 1.82) is 0 Å². The van der Waals surface area contributed by atoms with Gasteiger partial charge in [0, 0.05) is 12.6 Å².